The lowest BCUT2D eigenvalue weighted by atomic mass is 9.87. The molecule has 10 nitrogen and oxygen atoms in total. The first-order valence-electron chi connectivity index (χ1n) is 14.9. The lowest BCUT2D eigenvalue weighted by Gasteiger charge is -2.19. The summed E-state index contributed by atoms with van der Waals surface area (Å²) in [4.78, 5) is 33.2. The maximum absolute atomic E-state index is 12.5. The number of hydrogen-bond acceptors (Lipinski definition) is 10. The Labute approximate surface area is 308 Å². The Hall–Kier alpha value is -4.43. The van der Waals surface area contributed by atoms with Crippen molar-refractivity contribution >= 4 is 59.7 Å². The molecule has 4 rings (SSSR count). The fourth-order valence-corrected chi connectivity index (χ4v) is 6.19. The van der Waals surface area contributed by atoms with Crippen LogP contribution < -0.4 is 4.74 Å². The second kappa shape index (κ2) is 21.7. The van der Waals surface area contributed by atoms with E-state index in [-0.39, 0.29) is 15.2 Å². The normalized spacial score (nSPS) is 10.7. The van der Waals surface area contributed by atoms with Crippen molar-refractivity contribution in [3.05, 3.63) is 102 Å². The number of benzene rings is 4. The predicted octanol–water partition coefficient (Wildman–Crippen LogP) is 8.11. The van der Waals surface area contributed by atoms with Crippen LogP contribution in [-0.4, -0.2) is 53.3 Å². The zero-order valence-corrected chi connectivity index (χ0v) is 32.8. The summed E-state index contributed by atoms with van der Waals surface area (Å²) in [5, 5.41) is 0. The molecule has 278 valence electrons. The minimum absolute atomic E-state index is 0.129. The van der Waals surface area contributed by atoms with E-state index in [0.29, 0.717) is 22.6 Å². The van der Waals surface area contributed by atoms with Gasteiger partial charge in [0.15, 0.2) is 9.84 Å². The lowest BCUT2D eigenvalue weighted by Crippen LogP contribution is -2.27. The quantitative estimate of drug-likeness (QED) is 0.150. The van der Waals surface area contributed by atoms with E-state index in [9.17, 15) is 21.4 Å². The van der Waals surface area contributed by atoms with Gasteiger partial charge in [0.2, 0.25) is 0 Å². The number of ether oxygens (including phenoxy) is 1. The highest BCUT2D eigenvalue weighted by Crippen LogP contribution is 2.31. The first-order chi connectivity index (χ1) is 23.7. The third-order valence-corrected chi connectivity index (χ3v) is 10.9. The molecule has 51 heavy (non-hydrogen) atoms. The largest absolute Gasteiger partial charge is 0.457 e. The van der Waals surface area contributed by atoms with E-state index in [1.807, 2.05) is 27.2 Å². The van der Waals surface area contributed by atoms with Crippen LogP contribution in [0.15, 0.2) is 99.6 Å². The van der Waals surface area contributed by atoms with Gasteiger partial charge < -0.3 is 23.9 Å². The summed E-state index contributed by atoms with van der Waals surface area (Å²) >= 11 is 4.40. The van der Waals surface area contributed by atoms with Gasteiger partial charge in [-0.25, -0.2) is 8.42 Å². The van der Waals surface area contributed by atoms with Gasteiger partial charge in [0, 0.05) is 4.90 Å². The molecule has 0 spiro atoms. The second-order valence-electron chi connectivity index (χ2n) is 12.4. The fourth-order valence-electron chi connectivity index (χ4n) is 4.03. The third-order valence-electron chi connectivity index (χ3n) is 6.90. The minimum atomic E-state index is -4.30. The highest BCUT2D eigenvalue weighted by Gasteiger charge is 2.30. The molecule has 0 saturated carbocycles. The van der Waals surface area contributed by atoms with Crippen LogP contribution in [0.3, 0.4) is 0 Å². The van der Waals surface area contributed by atoms with Gasteiger partial charge in [-0.3, -0.25) is 4.55 Å². The van der Waals surface area contributed by atoms with Crippen molar-refractivity contribution < 1.29 is 45.3 Å². The molecule has 0 aliphatic heterocycles. The van der Waals surface area contributed by atoms with Gasteiger partial charge in [-0.15, -0.1) is 12.6 Å². The molecule has 1 N–H and O–H groups in total. The van der Waals surface area contributed by atoms with E-state index in [1.54, 1.807) is 76.2 Å². The van der Waals surface area contributed by atoms with Crippen LogP contribution in [0.4, 0.5) is 0 Å². The highest BCUT2D eigenvalue weighted by atomic mass is 32.2. The summed E-state index contributed by atoms with van der Waals surface area (Å²) in [7, 11) is -7.74. The smallest absolute Gasteiger partial charge is 0.294 e. The molecule has 0 aromatic heterocycles. The van der Waals surface area contributed by atoms with Crippen LogP contribution in [0.2, 0.25) is 0 Å². The summed E-state index contributed by atoms with van der Waals surface area (Å²) in [6.07, 6.45) is 0. The first kappa shape index (κ1) is 48.7. The monoisotopic (exact) mass is 760 g/mol. The van der Waals surface area contributed by atoms with Gasteiger partial charge in [0.25, 0.3) is 10.1 Å². The lowest BCUT2D eigenvalue weighted by molar-refractivity contribution is -0.0987. The number of sulfone groups is 1. The summed E-state index contributed by atoms with van der Waals surface area (Å²) < 4.78 is 62.4. The van der Waals surface area contributed by atoms with Crippen molar-refractivity contribution in [3.8, 4) is 22.6 Å². The number of hydrogen-bond donors (Lipinski definition) is 2. The van der Waals surface area contributed by atoms with E-state index in [1.165, 1.54) is 29.3 Å². The molecule has 0 unspecified atom stereocenters. The molecule has 0 saturated heterocycles. The minimum Gasteiger partial charge on any atom is -0.457 e. The average Bonchev–Trinajstić information content (AvgIpc) is 3.09. The third kappa shape index (κ3) is 14.8. The van der Waals surface area contributed by atoms with Crippen LogP contribution in [-0.2, 0) is 44.5 Å². The number of carbonyl (C=O) groups is 4. The predicted molar refractivity (Wildman–Crippen MR) is 205 cm³/mol. The number of aryl methyl sites for hydroxylation is 2. The summed E-state index contributed by atoms with van der Waals surface area (Å²) in [6, 6.07) is 24.5. The topological polar surface area (TPSA) is 166 Å². The van der Waals surface area contributed by atoms with Crippen molar-refractivity contribution in [2.75, 3.05) is 0 Å². The SMILES string of the molecule is C=O.C=O.C=O.C=O.Cc1ccc(-c2ccc(Oc3ccc(S(=O)(=O)C(C)(C)C)cc3)cc2)cc1S(=O)(=O)O.Cc1ccc(C(C)(C)C)cc1S. The Bertz CT molecular complexity index is 1870. The Kier molecular flexibility index (Phi) is 20.7. The number of rotatable bonds is 5. The van der Waals surface area contributed by atoms with Crippen molar-refractivity contribution in [1.29, 1.82) is 0 Å². The van der Waals surface area contributed by atoms with Gasteiger partial charge in [-0.1, -0.05) is 57.2 Å². The molecule has 0 radical (unpaired) electrons. The molecule has 0 bridgehead atoms. The summed E-state index contributed by atoms with van der Waals surface area (Å²) in [6.45, 7) is 23.3. The number of carbonyl (C=O) groups excluding carboxylic acids is 4. The molecule has 0 fully saturated rings. The van der Waals surface area contributed by atoms with Gasteiger partial charge >= 0.3 is 0 Å². The molecule has 0 heterocycles. The van der Waals surface area contributed by atoms with E-state index in [0.717, 1.165) is 10.5 Å². The summed E-state index contributed by atoms with van der Waals surface area (Å²) in [5.41, 5.74) is 4.67. The molecular formula is C38H48O10S3. The maximum Gasteiger partial charge on any atom is 0.294 e. The zero-order valence-electron chi connectivity index (χ0n) is 30.3. The van der Waals surface area contributed by atoms with E-state index in [4.69, 9.17) is 23.9 Å². The van der Waals surface area contributed by atoms with Gasteiger partial charge in [-0.2, -0.15) is 8.42 Å². The first-order valence-corrected chi connectivity index (χ1v) is 18.2. The van der Waals surface area contributed by atoms with Crippen molar-refractivity contribution in [3.63, 3.8) is 0 Å². The van der Waals surface area contributed by atoms with Crippen molar-refractivity contribution in [1.82, 2.24) is 0 Å². The van der Waals surface area contributed by atoms with E-state index >= 15 is 0 Å². The zero-order chi connectivity index (χ0) is 40.4. The van der Waals surface area contributed by atoms with Crippen LogP contribution in [0.1, 0.15) is 58.2 Å². The van der Waals surface area contributed by atoms with Crippen LogP contribution in [0.25, 0.3) is 11.1 Å². The van der Waals surface area contributed by atoms with Gasteiger partial charge in [-0.05, 0) is 116 Å². The Morgan fingerprint density at radius 2 is 1.00 bits per heavy atom. The van der Waals surface area contributed by atoms with Gasteiger partial charge in [0.1, 0.15) is 38.7 Å². The molecule has 4 aromatic rings. The molecule has 0 atom stereocenters. The Balaban J connectivity index is 0. The van der Waals surface area contributed by atoms with Crippen LogP contribution in [0.5, 0.6) is 11.5 Å². The Morgan fingerprint density at radius 3 is 1.39 bits per heavy atom. The van der Waals surface area contributed by atoms with Crippen LogP contribution >= 0.6 is 12.6 Å². The van der Waals surface area contributed by atoms with Crippen molar-refractivity contribution in [2.45, 2.75) is 80.2 Å². The highest BCUT2D eigenvalue weighted by molar-refractivity contribution is 7.92. The Morgan fingerprint density at radius 1 is 0.588 bits per heavy atom. The molecule has 13 heteroatoms. The van der Waals surface area contributed by atoms with Crippen molar-refractivity contribution in [2.24, 2.45) is 0 Å². The van der Waals surface area contributed by atoms with E-state index < -0.39 is 24.7 Å². The molecular weight excluding hydrogens is 713 g/mol. The standard InChI is InChI=1S/C23H24O6S2.C11H16S.4CH2O/c1-16-5-6-18(15-22(16)31(26,27)28)17-7-9-19(10-8-17)29-20-11-13-21(14-12-20)30(24,25)23(2,3)4;1-8-5-6-9(7-10(8)12)11(2,3)4;4*1-2/h5-15H,1-4H3,(H,26,27,28);5-7,12H,1-4H3;4*1H2. The van der Waals surface area contributed by atoms with Gasteiger partial charge in [0.05, 0.1) is 14.5 Å². The molecule has 4 aromatic carbocycles. The van der Waals surface area contributed by atoms with E-state index in [2.05, 4.69) is 58.5 Å². The second-order valence-corrected chi connectivity index (χ2v) is 17.0. The molecule has 0 amide bonds. The number of thiol groups is 1. The average molecular weight is 761 g/mol. The van der Waals surface area contributed by atoms with Crippen LogP contribution in [0, 0.1) is 13.8 Å². The maximum atomic E-state index is 12.5. The molecule has 0 aliphatic carbocycles. The molecule has 0 aliphatic rings. The fraction of sp³-hybridized carbons (Fsp3) is 0.263. The summed E-state index contributed by atoms with van der Waals surface area (Å²) in [5.74, 6) is 1.03.